The molecule has 0 radical (unpaired) electrons. The number of hydrogen-bond donors (Lipinski definition) is 2. The fourth-order valence-electron chi connectivity index (χ4n) is 5.18. The Labute approximate surface area is 384 Å². The van der Waals surface area contributed by atoms with E-state index in [4.69, 9.17) is 31.4 Å². The second-order valence-electron chi connectivity index (χ2n) is 12.5. The number of hydrogen-bond acceptors (Lipinski definition) is 11. The zero-order valence-corrected chi connectivity index (χ0v) is 34.7. The first-order chi connectivity index (χ1) is 32.4. The van der Waals surface area contributed by atoms with Gasteiger partial charge in [-0.15, -0.1) is 0 Å². The smallest absolute Gasteiger partial charge is 0.303 e. The van der Waals surface area contributed by atoms with Gasteiger partial charge in [0.1, 0.15) is 0 Å². The zero-order valence-electron chi connectivity index (χ0n) is 34.7. The fourth-order valence-corrected chi connectivity index (χ4v) is 5.18. The largest absolute Gasteiger partial charge is 0.481 e. The lowest BCUT2D eigenvalue weighted by atomic mass is 10.1. The Balaban J connectivity index is 0.000000238. The molecule has 15 nitrogen and oxygen atoms in total. The van der Waals surface area contributed by atoms with Crippen LogP contribution in [0.3, 0.4) is 0 Å². The first kappa shape index (κ1) is 50.2. The van der Waals surface area contributed by atoms with Crippen molar-refractivity contribution in [2.24, 2.45) is 0 Å². The van der Waals surface area contributed by atoms with E-state index in [-0.39, 0.29) is 42.4 Å². The van der Waals surface area contributed by atoms with Gasteiger partial charge in [-0.2, -0.15) is 26.3 Å². The molecule has 4 aromatic carbocycles. The van der Waals surface area contributed by atoms with E-state index in [1.165, 1.54) is 24.3 Å². The number of nitrogens with zero attached hydrogens (tertiary/aromatic N) is 7. The lowest BCUT2D eigenvalue weighted by molar-refractivity contribution is -0.137. The highest BCUT2D eigenvalue weighted by molar-refractivity contribution is 6.28. The van der Waals surface area contributed by atoms with Crippen LogP contribution in [0.5, 0.6) is 0 Å². The molecule has 2 N–H and O–H groups in total. The molecule has 2 heterocycles. The summed E-state index contributed by atoms with van der Waals surface area (Å²) < 4.78 is 0. The number of carbonyl (C=O) groups is 6. The molecule has 0 saturated carbocycles. The van der Waals surface area contributed by atoms with Gasteiger partial charge in [0.25, 0.3) is 23.6 Å². The summed E-state index contributed by atoms with van der Waals surface area (Å²) in [6, 6.07) is 35.6. The maximum atomic E-state index is 11.5. The molecule has 2 aliphatic heterocycles. The van der Waals surface area contributed by atoms with Crippen molar-refractivity contribution < 1.29 is 33.9 Å². The third kappa shape index (κ3) is 17.4. The van der Waals surface area contributed by atoms with Crippen LogP contribution in [-0.2, 0) is 28.8 Å². The van der Waals surface area contributed by atoms with Gasteiger partial charge in [-0.05, 0) is 97.1 Å². The molecule has 0 bridgehead atoms. The number of carboxylic acid groups (broad SMARTS) is 1. The number of amides is 5. The van der Waals surface area contributed by atoms with E-state index < -0.39 is 5.97 Å². The Kier molecular flexibility index (Phi) is 20.7. The van der Waals surface area contributed by atoms with Gasteiger partial charge in [0.2, 0.25) is 5.91 Å². The monoisotopic (exact) mass is 876 g/mol. The van der Waals surface area contributed by atoms with Gasteiger partial charge in [-0.25, -0.2) is 9.80 Å². The molecule has 0 aliphatic carbocycles. The van der Waals surface area contributed by atoms with Crippen molar-refractivity contribution in [1.29, 1.82) is 26.3 Å². The van der Waals surface area contributed by atoms with Crippen molar-refractivity contribution in [1.82, 2.24) is 0 Å². The van der Waals surface area contributed by atoms with Crippen molar-refractivity contribution in [2.75, 3.05) is 15.1 Å². The third-order valence-corrected chi connectivity index (χ3v) is 8.03. The van der Waals surface area contributed by atoms with Crippen molar-refractivity contribution in [3.8, 4) is 89.6 Å². The van der Waals surface area contributed by atoms with Crippen LogP contribution in [0.15, 0.2) is 121 Å². The predicted octanol–water partition coefficient (Wildman–Crippen LogP) is 5.17. The summed E-state index contributed by atoms with van der Waals surface area (Å²) in [6.07, 6.45) is 5.36. The molecule has 0 fully saturated rings. The highest BCUT2D eigenvalue weighted by atomic mass is 16.4. The second kappa shape index (κ2) is 27.6. The first-order valence-corrected chi connectivity index (χ1v) is 19.0. The van der Waals surface area contributed by atoms with Crippen LogP contribution in [-0.4, -0.2) is 40.6 Å². The maximum absolute atomic E-state index is 11.5. The summed E-state index contributed by atoms with van der Waals surface area (Å²) in [5, 5.41) is 52.6. The van der Waals surface area contributed by atoms with Crippen LogP contribution in [0, 0.1) is 116 Å². The summed E-state index contributed by atoms with van der Waals surface area (Å²) in [4.78, 5) is 69.6. The summed E-state index contributed by atoms with van der Waals surface area (Å²) in [7, 11) is 0. The Morgan fingerprint density at radius 2 is 0.896 bits per heavy atom. The topological polar surface area (TPSA) is 260 Å². The SMILES string of the molecule is N#CC#Cc1ccc(N2C(=O)C=CC2=O)cc1.N#CC#Cc1ccc(NC(=O)CCCC(=O)O)cc1.N#CC#Cc1cccc(N2C(=O)C=CC2=O)c1.N#CC#Cc1ccccc1C#CC#N. The lowest BCUT2D eigenvalue weighted by Crippen LogP contribution is -2.29. The molecule has 0 spiro atoms. The number of rotatable bonds is 7. The van der Waals surface area contributed by atoms with Crippen LogP contribution >= 0.6 is 0 Å². The Morgan fingerprint density at radius 3 is 1.34 bits per heavy atom. The van der Waals surface area contributed by atoms with E-state index in [0.717, 1.165) is 9.80 Å². The Bertz CT molecular complexity index is 3120. The molecule has 318 valence electrons. The van der Waals surface area contributed by atoms with Gasteiger partial charge in [-0.1, -0.05) is 36.0 Å². The number of anilines is 3. The van der Waals surface area contributed by atoms with Crippen molar-refractivity contribution >= 4 is 52.6 Å². The van der Waals surface area contributed by atoms with Crippen molar-refractivity contribution in [3.63, 3.8) is 0 Å². The zero-order chi connectivity index (χ0) is 48.8. The molecule has 6 rings (SSSR count). The highest BCUT2D eigenvalue weighted by Crippen LogP contribution is 2.21. The van der Waals surface area contributed by atoms with E-state index >= 15 is 0 Å². The average molecular weight is 877 g/mol. The predicted molar refractivity (Wildman–Crippen MR) is 242 cm³/mol. The van der Waals surface area contributed by atoms with E-state index in [1.54, 1.807) is 127 Å². The highest BCUT2D eigenvalue weighted by Gasteiger charge is 2.25. The molecule has 0 saturated heterocycles. The number of benzene rings is 4. The number of imide groups is 2. The summed E-state index contributed by atoms with van der Waals surface area (Å²) in [5.74, 6) is 21.9. The second-order valence-corrected chi connectivity index (χ2v) is 12.5. The van der Waals surface area contributed by atoms with Gasteiger partial charge in [0, 0.05) is 100 Å². The molecule has 0 atom stereocenters. The van der Waals surface area contributed by atoms with Crippen LogP contribution in [0.1, 0.15) is 47.1 Å². The lowest BCUT2D eigenvalue weighted by Gasteiger charge is -2.13. The molecule has 67 heavy (non-hydrogen) atoms. The number of carbonyl (C=O) groups excluding carboxylic acids is 5. The molecule has 15 heteroatoms. The van der Waals surface area contributed by atoms with Crippen molar-refractivity contribution in [2.45, 2.75) is 19.3 Å². The number of carboxylic acids is 1. The Hall–Kier alpha value is -11.2. The maximum Gasteiger partial charge on any atom is 0.303 e. The minimum Gasteiger partial charge on any atom is -0.481 e. The summed E-state index contributed by atoms with van der Waals surface area (Å²) >= 11 is 0. The van der Waals surface area contributed by atoms with E-state index in [1.807, 2.05) is 0 Å². The van der Waals surface area contributed by atoms with Gasteiger partial charge < -0.3 is 10.4 Å². The van der Waals surface area contributed by atoms with Crippen LogP contribution in [0.25, 0.3) is 0 Å². The normalized spacial score (nSPS) is 10.6. The molecule has 0 unspecified atom stereocenters. The third-order valence-electron chi connectivity index (χ3n) is 8.03. The number of nitrogens with one attached hydrogen (secondary N) is 1. The number of aliphatic carboxylic acids is 1. The van der Waals surface area contributed by atoms with Crippen molar-refractivity contribution in [3.05, 3.63) is 149 Å². The van der Waals surface area contributed by atoms with E-state index in [2.05, 4.69) is 64.5 Å². The minimum absolute atomic E-state index is 0.0178. The first-order valence-electron chi connectivity index (χ1n) is 19.0. The molecular formula is C52H28N8O7. The molecular weight excluding hydrogens is 849 g/mol. The van der Waals surface area contributed by atoms with Gasteiger partial charge in [-0.3, -0.25) is 28.8 Å². The Morgan fingerprint density at radius 1 is 0.478 bits per heavy atom. The van der Waals surface area contributed by atoms with Crippen LogP contribution in [0.2, 0.25) is 0 Å². The van der Waals surface area contributed by atoms with E-state index in [9.17, 15) is 28.8 Å². The average Bonchev–Trinajstić information content (AvgIpc) is 3.86. The molecule has 2 aliphatic rings. The van der Waals surface area contributed by atoms with Crippen LogP contribution in [0.4, 0.5) is 17.1 Å². The van der Waals surface area contributed by atoms with Gasteiger partial charge in [0.15, 0.2) is 30.3 Å². The molecule has 4 aromatic rings. The minimum atomic E-state index is -0.909. The van der Waals surface area contributed by atoms with Gasteiger partial charge in [0.05, 0.1) is 11.4 Å². The number of nitriles is 5. The van der Waals surface area contributed by atoms with Gasteiger partial charge >= 0.3 is 5.97 Å². The molecule has 0 aromatic heterocycles. The molecule has 5 amide bonds. The fraction of sp³-hybridized carbons (Fsp3) is 0.0577. The van der Waals surface area contributed by atoms with E-state index in [0.29, 0.717) is 51.3 Å². The standard InChI is InChI=1S/C14H12N2O3.2C13H6N2O2.C12H4N2/c15-10-2-3-11-6-8-12(9-7-11)16-13(17)4-1-5-14(18)19;14-8-2-4-10-3-1-5-11(9-10)15-12(16)6-7-13(15)17;14-9-1-2-10-3-5-11(6-4-10)15-12(16)7-8-13(15)17;13-9-3-7-11-5-1-2-6-12(11)8-4-10-14/h6-9H,1,4-5H2,(H,16,17)(H,18,19);1,3,5-7,9H;3-8H;1-2,5-6H. The summed E-state index contributed by atoms with van der Waals surface area (Å²) in [6.45, 7) is 0. The van der Waals surface area contributed by atoms with Crippen LogP contribution < -0.4 is 15.1 Å². The summed E-state index contributed by atoms with van der Waals surface area (Å²) in [5.41, 5.74) is 4.81. The quantitative estimate of drug-likeness (QED) is 0.180.